The fourth-order valence-electron chi connectivity index (χ4n) is 6.07. The van der Waals surface area contributed by atoms with E-state index >= 15 is 0 Å². The molecule has 3 aliphatic rings. The first-order chi connectivity index (χ1) is 18.3. The van der Waals surface area contributed by atoms with Gasteiger partial charge in [-0.2, -0.15) is 0 Å². The number of ether oxygens (including phenoxy) is 2. The second-order valence-corrected chi connectivity index (χ2v) is 9.93. The highest BCUT2D eigenvalue weighted by molar-refractivity contribution is 6.20. The van der Waals surface area contributed by atoms with Gasteiger partial charge in [0.2, 0.25) is 11.8 Å². The molecule has 3 heterocycles. The normalized spacial score (nSPS) is 22.9. The van der Waals surface area contributed by atoms with Crippen LogP contribution in [0.4, 0.5) is 16.2 Å². The van der Waals surface area contributed by atoms with Crippen LogP contribution in [-0.2, 0) is 22.4 Å². The molecule has 0 radical (unpaired) electrons. The van der Waals surface area contributed by atoms with Crippen LogP contribution < -0.4 is 19.7 Å². The summed E-state index contributed by atoms with van der Waals surface area (Å²) in [5, 5.41) is 13.9. The highest BCUT2D eigenvalue weighted by Gasteiger charge is 2.61. The van der Waals surface area contributed by atoms with Gasteiger partial charge in [0.05, 0.1) is 25.2 Å². The van der Waals surface area contributed by atoms with E-state index in [1.165, 1.54) is 19.2 Å². The molecule has 1 N–H and O–H groups in total. The lowest BCUT2D eigenvalue weighted by atomic mass is 9.67. The van der Waals surface area contributed by atoms with Crippen molar-refractivity contribution in [1.29, 1.82) is 0 Å². The molecule has 5 rings (SSSR count). The Kier molecular flexibility index (Phi) is 6.68. The Bertz CT molecular complexity index is 1310. The molecule has 0 aliphatic carbocycles. The van der Waals surface area contributed by atoms with Gasteiger partial charge >= 0.3 is 6.03 Å². The number of urea groups is 1. The number of rotatable bonds is 6. The molecule has 38 heavy (non-hydrogen) atoms. The highest BCUT2D eigenvalue weighted by Crippen LogP contribution is 2.48. The van der Waals surface area contributed by atoms with Crippen molar-refractivity contribution in [3.63, 3.8) is 0 Å². The van der Waals surface area contributed by atoms with E-state index in [1.807, 2.05) is 6.07 Å². The molecule has 0 bridgehead atoms. The summed E-state index contributed by atoms with van der Waals surface area (Å²) in [6, 6.07) is 8.78. The Hall–Kier alpha value is -4.15. The zero-order valence-electron chi connectivity index (χ0n) is 21.4. The Balaban J connectivity index is 1.51. The van der Waals surface area contributed by atoms with Crippen LogP contribution in [0.1, 0.15) is 36.8 Å². The standard InChI is InChI=1S/C27H30N4O7/c1-37-21-10-7-17(14-22(21)38-2)11-13-30-25(33)27(24(32)28-26(30)34)16-18-15-19(31(35)36)8-9-20(18)29-12-5-3-4-6-23(27)29/h7-10,14-15,23H,3-6,11-13,16H2,1-2H3,(H,28,32,34)/t23-,27+/m1/s1. The number of hydrogen-bond acceptors (Lipinski definition) is 8. The van der Waals surface area contributed by atoms with E-state index in [1.54, 1.807) is 25.3 Å². The third-order valence-corrected chi connectivity index (χ3v) is 7.94. The van der Waals surface area contributed by atoms with Gasteiger partial charge in [-0.3, -0.25) is 29.9 Å². The number of imide groups is 2. The zero-order valence-corrected chi connectivity index (χ0v) is 21.4. The number of nitro groups is 1. The van der Waals surface area contributed by atoms with Gasteiger partial charge in [-0.25, -0.2) is 4.79 Å². The summed E-state index contributed by atoms with van der Waals surface area (Å²) in [6.45, 7) is 0.682. The van der Waals surface area contributed by atoms with Crippen LogP contribution in [0.2, 0.25) is 0 Å². The summed E-state index contributed by atoms with van der Waals surface area (Å²) in [4.78, 5) is 54.9. The van der Waals surface area contributed by atoms with Gasteiger partial charge in [-0.1, -0.05) is 18.9 Å². The van der Waals surface area contributed by atoms with Crippen molar-refractivity contribution in [2.24, 2.45) is 5.41 Å². The fourth-order valence-corrected chi connectivity index (χ4v) is 6.07. The van der Waals surface area contributed by atoms with Crippen molar-refractivity contribution >= 4 is 29.2 Å². The lowest BCUT2D eigenvalue weighted by molar-refractivity contribution is -0.384. The molecule has 0 unspecified atom stereocenters. The molecular formula is C27H30N4O7. The first kappa shape index (κ1) is 25.5. The van der Waals surface area contributed by atoms with Crippen LogP contribution in [-0.4, -0.2) is 61.0 Å². The third-order valence-electron chi connectivity index (χ3n) is 7.94. The SMILES string of the molecule is COc1ccc(CCN2C(=O)NC(=O)[C@@]3(Cc4cc([N+](=O)[O-])ccc4N4CCCCC[C@@H]43)C2=O)cc1OC. The van der Waals surface area contributed by atoms with Gasteiger partial charge in [0.1, 0.15) is 0 Å². The van der Waals surface area contributed by atoms with Gasteiger partial charge in [-0.15, -0.1) is 0 Å². The minimum absolute atomic E-state index is 0.00398. The second-order valence-electron chi connectivity index (χ2n) is 9.93. The number of nitrogens with zero attached hydrogens (tertiary/aromatic N) is 3. The van der Waals surface area contributed by atoms with Crippen LogP contribution in [0.15, 0.2) is 36.4 Å². The van der Waals surface area contributed by atoms with E-state index in [0.29, 0.717) is 36.4 Å². The van der Waals surface area contributed by atoms with Crippen LogP contribution in [0.5, 0.6) is 11.5 Å². The van der Waals surface area contributed by atoms with Crippen LogP contribution >= 0.6 is 0 Å². The molecule has 200 valence electrons. The number of non-ortho nitro benzene ring substituents is 1. The first-order valence-electron chi connectivity index (χ1n) is 12.7. The number of nitrogens with one attached hydrogen (secondary N) is 1. The lowest BCUT2D eigenvalue weighted by Crippen LogP contribution is -2.72. The number of benzene rings is 2. The molecule has 4 amide bonds. The Morgan fingerprint density at radius 3 is 2.58 bits per heavy atom. The van der Waals surface area contributed by atoms with Gasteiger partial charge in [-0.05, 0) is 48.6 Å². The number of nitro benzene ring substituents is 1. The highest BCUT2D eigenvalue weighted by atomic mass is 16.6. The number of fused-ring (bicyclic) bond motifs is 4. The smallest absolute Gasteiger partial charge is 0.330 e. The summed E-state index contributed by atoms with van der Waals surface area (Å²) in [5.74, 6) is -0.0913. The maximum absolute atomic E-state index is 14.2. The van der Waals surface area contributed by atoms with E-state index < -0.39 is 34.2 Å². The third kappa shape index (κ3) is 4.11. The van der Waals surface area contributed by atoms with Crippen LogP contribution in [0.3, 0.4) is 0 Å². The number of amides is 4. The van der Waals surface area contributed by atoms with Gasteiger partial charge in [0.15, 0.2) is 16.9 Å². The Morgan fingerprint density at radius 2 is 1.84 bits per heavy atom. The van der Waals surface area contributed by atoms with Crippen molar-refractivity contribution in [2.75, 3.05) is 32.2 Å². The first-order valence-corrected chi connectivity index (χ1v) is 12.7. The van der Waals surface area contributed by atoms with Gasteiger partial charge in [0, 0.05) is 37.3 Å². The van der Waals surface area contributed by atoms with Crippen molar-refractivity contribution in [3.05, 3.63) is 57.6 Å². The number of anilines is 1. The Morgan fingerprint density at radius 1 is 1.05 bits per heavy atom. The molecule has 11 nitrogen and oxygen atoms in total. The molecule has 3 aliphatic heterocycles. The number of hydrogen-bond donors (Lipinski definition) is 1. The molecule has 0 aromatic heterocycles. The van der Waals surface area contributed by atoms with E-state index in [4.69, 9.17) is 9.47 Å². The van der Waals surface area contributed by atoms with E-state index in [2.05, 4.69) is 10.2 Å². The molecule has 2 aromatic rings. The Labute approximate surface area is 219 Å². The zero-order chi connectivity index (χ0) is 27.0. The summed E-state index contributed by atoms with van der Waals surface area (Å²) >= 11 is 0. The second kappa shape index (κ2) is 9.96. The quantitative estimate of drug-likeness (QED) is 0.348. The number of carbonyl (C=O) groups is 3. The predicted molar refractivity (Wildman–Crippen MR) is 137 cm³/mol. The fraction of sp³-hybridized carbons (Fsp3) is 0.444. The average Bonchev–Trinajstić information content (AvgIpc) is 3.18. The predicted octanol–water partition coefficient (Wildman–Crippen LogP) is 3.22. The van der Waals surface area contributed by atoms with E-state index in [0.717, 1.165) is 35.4 Å². The largest absolute Gasteiger partial charge is 0.493 e. The maximum atomic E-state index is 14.2. The summed E-state index contributed by atoms with van der Waals surface area (Å²) in [6.07, 6.45) is 3.61. The minimum Gasteiger partial charge on any atom is -0.493 e. The van der Waals surface area contributed by atoms with Crippen LogP contribution in [0.25, 0.3) is 0 Å². The van der Waals surface area contributed by atoms with Crippen LogP contribution in [0, 0.1) is 15.5 Å². The van der Waals surface area contributed by atoms with Crippen molar-refractivity contribution in [1.82, 2.24) is 10.2 Å². The molecule has 2 saturated heterocycles. The van der Waals surface area contributed by atoms with Gasteiger partial charge in [0.25, 0.3) is 5.69 Å². The number of methoxy groups -OCH3 is 2. The topological polar surface area (TPSA) is 131 Å². The molecule has 2 aromatic carbocycles. The van der Waals surface area contributed by atoms with Crippen molar-refractivity contribution in [2.45, 2.75) is 44.6 Å². The number of barbiturate groups is 1. The molecule has 11 heteroatoms. The summed E-state index contributed by atoms with van der Waals surface area (Å²) < 4.78 is 10.6. The molecule has 2 fully saturated rings. The molecule has 2 atom stereocenters. The minimum atomic E-state index is -1.56. The monoisotopic (exact) mass is 522 g/mol. The molecular weight excluding hydrogens is 492 g/mol. The van der Waals surface area contributed by atoms with E-state index in [9.17, 15) is 24.5 Å². The van der Waals surface area contributed by atoms with Crippen molar-refractivity contribution in [3.8, 4) is 11.5 Å². The van der Waals surface area contributed by atoms with E-state index in [-0.39, 0.29) is 18.7 Å². The van der Waals surface area contributed by atoms with Gasteiger partial charge < -0.3 is 14.4 Å². The summed E-state index contributed by atoms with van der Waals surface area (Å²) in [5.41, 5.74) is 0.544. The molecule has 1 spiro atoms. The number of carbonyl (C=O) groups excluding carboxylic acids is 3. The van der Waals surface area contributed by atoms with Crippen molar-refractivity contribution < 1.29 is 28.8 Å². The maximum Gasteiger partial charge on any atom is 0.330 e. The lowest BCUT2D eigenvalue weighted by Gasteiger charge is -2.51. The molecule has 0 saturated carbocycles. The average molecular weight is 523 g/mol. The summed E-state index contributed by atoms with van der Waals surface area (Å²) in [7, 11) is 3.07.